The zero-order chi connectivity index (χ0) is 9.98. The molecule has 0 spiro atoms. The lowest BCUT2D eigenvalue weighted by Crippen LogP contribution is -1.73. The van der Waals surface area contributed by atoms with Crippen LogP contribution in [0.2, 0.25) is 0 Å². The van der Waals surface area contributed by atoms with Crippen LogP contribution in [0.25, 0.3) is 0 Å². The first-order valence-electron chi connectivity index (χ1n) is 4.06. The lowest BCUT2D eigenvalue weighted by molar-refractivity contribution is 0.111. The van der Waals surface area contributed by atoms with Gasteiger partial charge in [-0.1, -0.05) is 27.7 Å². The minimum atomic E-state index is 0.479. The van der Waals surface area contributed by atoms with Gasteiger partial charge in [0.1, 0.15) is 0 Å². The number of hydrogen-bond donors (Lipinski definition) is 2. The number of carbonyl (C=O) groups is 1. The number of H-pyrrole nitrogens is 2. The quantitative estimate of drug-likeness (QED) is 0.526. The molecule has 0 saturated heterocycles. The second-order valence-electron chi connectivity index (χ2n) is 1.32. The van der Waals surface area contributed by atoms with Crippen molar-refractivity contribution in [2.24, 2.45) is 0 Å². The molecule has 1 heterocycles. The van der Waals surface area contributed by atoms with Crippen LogP contribution in [-0.4, -0.2) is 16.3 Å². The molecule has 0 aromatic carbocycles. The third kappa shape index (κ3) is 5.85. The zero-order valence-corrected chi connectivity index (χ0v) is 8.79. The first-order valence-corrected chi connectivity index (χ1v) is 4.46. The highest BCUT2D eigenvalue weighted by Crippen LogP contribution is 1.85. The monoisotopic (exact) mass is 188 g/mol. The molecule has 0 saturated carbocycles. The first kappa shape index (κ1) is 13.7. The Labute approximate surface area is 78.2 Å². The predicted molar refractivity (Wildman–Crippen MR) is 54.1 cm³/mol. The average molecular weight is 188 g/mol. The van der Waals surface area contributed by atoms with E-state index in [1.165, 1.54) is 6.20 Å². The molecule has 0 aliphatic rings. The summed E-state index contributed by atoms with van der Waals surface area (Å²) < 4.78 is 0.479. The fourth-order valence-corrected chi connectivity index (χ4v) is 0.587. The first-order chi connectivity index (χ1) is 5.83. The normalized spacial score (nSPS) is 7.00. The van der Waals surface area contributed by atoms with Crippen molar-refractivity contribution in [3.8, 4) is 0 Å². The van der Waals surface area contributed by atoms with E-state index < -0.39 is 0 Å². The van der Waals surface area contributed by atoms with Gasteiger partial charge in [0.2, 0.25) is 0 Å². The number of imidazole rings is 1. The molecule has 0 unspecified atom stereocenters. The molecule has 0 fully saturated rings. The minimum absolute atomic E-state index is 0.479. The van der Waals surface area contributed by atoms with E-state index in [4.69, 9.17) is 0 Å². The van der Waals surface area contributed by atoms with Crippen molar-refractivity contribution in [3.05, 3.63) is 16.7 Å². The van der Waals surface area contributed by atoms with Crippen LogP contribution < -0.4 is 0 Å². The summed E-state index contributed by atoms with van der Waals surface area (Å²) in [7, 11) is 0. The van der Waals surface area contributed by atoms with Gasteiger partial charge in [0.15, 0.2) is 11.1 Å². The van der Waals surface area contributed by atoms with Crippen LogP contribution >= 0.6 is 12.2 Å². The van der Waals surface area contributed by atoms with Crippen LogP contribution in [-0.2, 0) is 0 Å². The molecule has 70 valence electrons. The van der Waals surface area contributed by atoms with Crippen molar-refractivity contribution in [2.45, 2.75) is 27.7 Å². The molecule has 4 heteroatoms. The van der Waals surface area contributed by atoms with Crippen molar-refractivity contribution in [2.75, 3.05) is 0 Å². The minimum Gasteiger partial charge on any atom is -0.337 e. The molecule has 1 aromatic rings. The van der Waals surface area contributed by atoms with E-state index in [-0.39, 0.29) is 0 Å². The summed E-state index contributed by atoms with van der Waals surface area (Å²) >= 11 is 4.63. The number of nitrogens with one attached hydrogen (secondary N) is 2. The third-order valence-corrected chi connectivity index (χ3v) is 0.964. The molecule has 0 aliphatic heterocycles. The Kier molecular flexibility index (Phi) is 11.5. The number of aromatic amines is 2. The molecule has 0 atom stereocenters. The van der Waals surface area contributed by atoms with Crippen LogP contribution in [0.1, 0.15) is 38.2 Å². The van der Waals surface area contributed by atoms with Gasteiger partial charge in [-0.15, -0.1) is 0 Å². The topological polar surface area (TPSA) is 48.6 Å². The molecular weight excluding hydrogens is 172 g/mol. The van der Waals surface area contributed by atoms with Crippen molar-refractivity contribution in [1.82, 2.24) is 9.97 Å². The summed E-state index contributed by atoms with van der Waals surface area (Å²) in [4.78, 5) is 15.2. The van der Waals surface area contributed by atoms with Gasteiger partial charge >= 0.3 is 0 Å². The van der Waals surface area contributed by atoms with E-state index in [9.17, 15) is 4.79 Å². The third-order valence-electron chi connectivity index (χ3n) is 0.744. The standard InChI is InChI=1S/C4H4N2OS.2C2H6/c7-2-3-1-5-4(8)6-3;2*1-2/h1-2H,(H2,5,6,8);2*1-2H3. The smallest absolute Gasteiger partial charge is 0.174 e. The highest BCUT2D eigenvalue weighted by Gasteiger charge is 1.85. The highest BCUT2D eigenvalue weighted by molar-refractivity contribution is 7.71. The summed E-state index contributed by atoms with van der Waals surface area (Å²) in [5.74, 6) is 0. The van der Waals surface area contributed by atoms with Crippen LogP contribution in [0.15, 0.2) is 6.20 Å². The summed E-state index contributed by atoms with van der Waals surface area (Å²) in [6.45, 7) is 8.00. The number of aromatic nitrogens is 2. The van der Waals surface area contributed by atoms with E-state index in [1.54, 1.807) is 0 Å². The van der Waals surface area contributed by atoms with Gasteiger partial charge in [0, 0.05) is 6.20 Å². The van der Waals surface area contributed by atoms with Gasteiger partial charge in [0.05, 0.1) is 5.69 Å². The molecular formula is C8H16N2OS. The van der Waals surface area contributed by atoms with Gasteiger partial charge < -0.3 is 9.97 Å². The lowest BCUT2D eigenvalue weighted by atomic mass is 10.6. The van der Waals surface area contributed by atoms with Crippen molar-refractivity contribution in [1.29, 1.82) is 0 Å². The van der Waals surface area contributed by atoms with Gasteiger partial charge in [-0.3, -0.25) is 4.79 Å². The largest absolute Gasteiger partial charge is 0.337 e. The summed E-state index contributed by atoms with van der Waals surface area (Å²) in [5, 5.41) is 0. The molecule has 1 aromatic heterocycles. The maximum absolute atomic E-state index is 9.92. The van der Waals surface area contributed by atoms with Gasteiger partial charge in [0.25, 0.3) is 0 Å². The van der Waals surface area contributed by atoms with Crippen molar-refractivity contribution < 1.29 is 4.79 Å². The fourth-order valence-electron chi connectivity index (χ4n) is 0.410. The van der Waals surface area contributed by atoms with Gasteiger partial charge in [-0.05, 0) is 12.2 Å². The number of aldehydes is 1. The molecule has 1 rings (SSSR count). The Balaban J connectivity index is 0. The van der Waals surface area contributed by atoms with Gasteiger partial charge in [-0.2, -0.15) is 0 Å². The van der Waals surface area contributed by atoms with E-state index in [0.29, 0.717) is 16.8 Å². The molecule has 0 aliphatic carbocycles. The van der Waals surface area contributed by atoms with Crippen molar-refractivity contribution >= 4 is 18.5 Å². The van der Waals surface area contributed by atoms with Crippen molar-refractivity contribution in [3.63, 3.8) is 0 Å². The van der Waals surface area contributed by atoms with E-state index in [1.807, 2.05) is 27.7 Å². The van der Waals surface area contributed by atoms with E-state index in [2.05, 4.69) is 22.2 Å². The Morgan fingerprint density at radius 3 is 2.00 bits per heavy atom. The van der Waals surface area contributed by atoms with Crippen LogP contribution in [0.5, 0.6) is 0 Å². The molecule has 0 radical (unpaired) electrons. The zero-order valence-electron chi connectivity index (χ0n) is 7.97. The SMILES string of the molecule is CC.CC.O=Cc1c[nH]c(=S)[nH]1. The summed E-state index contributed by atoms with van der Waals surface area (Å²) in [5.41, 5.74) is 0.481. The van der Waals surface area contributed by atoms with E-state index >= 15 is 0 Å². The van der Waals surface area contributed by atoms with Crippen LogP contribution in [0.3, 0.4) is 0 Å². The highest BCUT2D eigenvalue weighted by atomic mass is 32.1. The number of hydrogen-bond acceptors (Lipinski definition) is 2. The molecule has 12 heavy (non-hydrogen) atoms. The Morgan fingerprint density at radius 2 is 1.83 bits per heavy atom. The second-order valence-corrected chi connectivity index (χ2v) is 1.72. The fraction of sp³-hybridized carbons (Fsp3) is 0.500. The van der Waals surface area contributed by atoms with Crippen LogP contribution in [0, 0.1) is 4.77 Å². The number of rotatable bonds is 1. The second kappa shape index (κ2) is 10.1. The molecule has 2 N–H and O–H groups in total. The van der Waals surface area contributed by atoms with Crippen LogP contribution in [0.4, 0.5) is 0 Å². The van der Waals surface area contributed by atoms with E-state index in [0.717, 1.165) is 0 Å². The Bertz CT molecular complexity index is 239. The maximum atomic E-state index is 9.92. The molecule has 0 amide bonds. The molecule has 3 nitrogen and oxygen atoms in total. The maximum Gasteiger partial charge on any atom is 0.174 e. The summed E-state index contributed by atoms with van der Waals surface area (Å²) in [6, 6.07) is 0. The molecule has 0 bridgehead atoms. The predicted octanol–water partition coefficient (Wildman–Crippen LogP) is 2.94. The Hall–Kier alpha value is -0.900. The Morgan fingerprint density at radius 1 is 1.33 bits per heavy atom. The van der Waals surface area contributed by atoms with Gasteiger partial charge in [-0.25, -0.2) is 0 Å². The number of carbonyl (C=O) groups excluding carboxylic acids is 1. The lowest BCUT2D eigenvalue weighted by Gasteiger charge is -1.68. The average Bonchev–Trinajstić information content (AvgIpc) is 2.58. The summed E-state index contributed by atoms with van der Waals surface area (Å²) in [6.07, 6.45) is 2.22.